The quantitative estimate of drug-likeness (QED) is 0.836. The van der Waals surface area contributed by atoms with Gasteiger partial charge >= 0.3 is 0 Å². The number of H-pyrrole nitrogens is 2. The van der Waals surface area contributed by atoms with Gasteiger partial charge in [0.2, 0.25) is 4.77 Å². The molecule has 96 valence electrons. The molecule has 0 unspecified atom stereocenters. The van der Waals surface area contributed by atoms with E-state index in [1.807, 2.05) is 13.0 Å². The van der Waals surface area contributed by atoms with Crippen LogP contribution in [-0.2, 0) is 6.54 Å². The molecule has 2 N–H and O–H groups in total. The zero-order chi connectivity index (χ0) is 13.3. The van der Waals surface area contributed by atoms with Gasteiger partial charge in [-0.25, -0.2) is 0 Å². The van der Waals surface area contributed by atoms with Crippen LogP contribution in [0.3, 0.4) is 0 Å². The molecule has 0 aliphatic heterocycles. The van der Waals surface area contributed by atoms with Gasteiger partial charge in [-0.05, 0) is 37.2 Å². The first-order chi connectivity index (χ1) is 8.49. The van der Waals surface area contributed by atoms with E-state index in [9.17, 15) is 4.79 Å². The molecule has 18 heavy (non-hydrogen) atoms. The highest BCUT2D eigenvalue weighted by Gasteiger charge is 2.11. The van der Waals surface area contributed by atoms with Crippen LogP contribution in [0.25, 0.3) is 11.4 Å². The number of nitrogens with zero attached hydrogens (tertiary/aromatic N) is 2. The number of aromatic amines is 2. The van der Waals surface area contributed by atoms with Crippen LogP contribution in [0, 0.1) is 17.6 Å². The average molecular weight is 264 g/mol. The molecular formula is C12H16N4OS. The monoisotopic (exact) mass is 264 g/mol. The Bertz CT molecular complexity index is 665. The Morgan fingerprint density at radius 3 is 2.67 bits per heavy atom. The van der Waals surface area contributed by atoms with Gasteiger partial charge in [-0.1, -0.05) is 13.8 Å². The van der Waals surface area contributed by atoms with Crippen molar-refractivity contribution in [3.8, 4) is 11.4 Å². The molecule has 0 aliphatic rings. The molecule has 0 atom stereocenters. The van der Waals surface area contributed by atoms with Crippen LogP contribution in [0.2, 0.25) is 0 Å². The number of rotatable bonds is 3. The van der Waals surface area contributed by atoms with Crippen molar-refractivity contribution in [2.45, 2.75) is 27.3 Å². The fraction of sp³-hybridized carbons (Fsp3) is 0.417. The van der Waals surface area contributed by atoms with Crippen molar-refractivity contribution in [3.63, 3.8) is 0 Å². The van der Waals surface area contributed by atoms with E-state index in [1.54, 1.807) is 10.6 Å². The van der Waals surface area contributed by atoms with Crippen molar-refractivity contribution in [1.82, 2.24) is 19.7 Å². The Hall–Kier alpha value is -1.69. The van der Waals surface area contributed by atoms with Crippen LogP contribution in [0.15, 0.2) is 16.9 Å². The molecule has 0 spiro atoms. The smallest absolute Gasteiger partial charge is 0.261 e. The summed E-state index contributed by atoms with van der Waals surface area (Å²) in [5.74, 6) is 0.900. The predicted molar refractivity (Wildman–Crippen MR) is 73.0 cm³/mol. The summed E-state index contributed by atoms with van der Waals surface area (Å²) < 4.78 is 2.12. The molecule has 6 heteroatoms. The van der Waals surface area contributed by atoms with Crippen LogP contribution in [-0.4, -0.2) is 19.7 Å². The Morgan fingerprint density at radius 2 is 2.11 bits per heavy atom. The number of aromatic nitrogens is 4. The fourth-order valence-corrected chi connectivity index (χ4v) is 1.98. The van der Waals surface area contributed by atoms with Gasteiger partial charge in [-0.15, -0.1) is 0 Å². The Labute approximate surface area is 110 Å². The lowest BCUT2D eigenvalue weighted by Gasteiger charge is -2.13. The first kappa shape index (κ1) is 12.8. The molecule has 0 amide bonds. The van der Waals surface area contributed by atoms with Gasteiger partial charge in [0.25, 0.3) is 5.56 Å². The maximum Gasteiger partial charge on any atom is 0.261 e. The van der Waals surface area contributed by atoms with Crippen molar-refractivity contribution < 1.29 is 0 Å². The third-order valence-corrected chi connectivity index (χ3v) is 2.89. The maximum absolute atomic E-state index is 12.4. The number of hydrogen-bond donors (Lipinski definition) is 2. The molecule has 2 rings (SSSR count). The second-order valence-corrected chi connectivity index (χ2v) is 5.10. The second kappa shape index (κ2) is 4.89. The van der Waals surface area contributed by atoms with E-state index in [0.717, 1.165) is 5.69 Å². The van der Waals surface area contributed by atoms with Gasteiger partial charge in [-0.2, -0.15) is 4.98 Å². The highest BCUT2D eigenvalue weighted by Crippen LogP contribution is 2.11. The molecule has 5 nitrogen and oxygen atoms in total. The molecule has 0 aliphatic carbocycles. The van der Waals surface area contributed by atoms with Crippen LogP contribution in [0.4, 0.5) is 0 Å². The van der Waals surface area contributed by atoms with E-state index in [4.69, 9.17) is 12.2 Å². The first-order valence-corrected chi connectivity index (χ1v) is 6.25. The van der Waals surface area contributed by atoms with Crippen molar-refractivity contribution in [2.75, 3.05) is 0 Å². The van der Waals surface area contributed by atoms with Crippen LogP contribution in [0.1, 0.15) is 19.5 Å². The summed E-state index contributed by atoms with van der Waals surface area (Å²) in [5.41, 5.74) is 1.45. The summed E-state index contributed by atoms with van der Waals surface area (Å²) in [6.45, 7) is 6.80. The summed E-state index contributed by atoms with van der Waals surface area (Å²) in [6, 6.07) is 3.70. The van der Waals surface area contributed by atoms with Gasteiger partial charge in [0.05, 0.1) is 5.56 Å². The van der Waals surface area contributed by atoms with E-state index in [-0.39, 0.29) is 5.56 Å². The van der Waals surface area contributed by atoms with Crippen molar-refractivity contribution in [3.05, 3.63) is 33.0 Å². The molecule has 2 aromatic rings. The fourth-order valence-electron chi connectivity index (χ4n) is 1.84. The van der Waals surface area contributed by atoms with Crippen molar-refractivity contribution >= 4 is 12.2 Å². The zero-order valence-electron chi connectivity index (χ0n) is 10.7. The van der Waals surface area contributed by atoms with E-state index in [1.165, 1.54) is 0 Å². The molecule has 0 saturated heterocycles. The summed E-state index contributed by atoms with van der Waals surface area (Å²) in [4.78, 5) is 16.5. The molecule has 0 radical (unpaired) electrons. The Morgan fingerprint density at radius 1 is 1.39 bits per heavy atom. The standard InChI is InChI=1S/C12H16N4OS/c1-7(2)6-16-8(3)4-5-9(11(16)17)10-13-12(18)15-14-10/h4-5,7H,6H2,1-3H3,(H2,13,14,15,18). The van der Waals surface area contributed by atoms with Gasteiger partial charge in [-0.3, -0.25) is 15.0 Å². The number of aryl methyl sites for hydroxylation is 1. The van der Waals surface area contributed by atoms with Gasteiger partial charge < -0.3 is 4.57 Å². The van der Waals surface area contributed by atoms with E-state index in [0.29, 0.717) is 28.6 Å². The molecular weight excluding hydrogens is 248 g/mol. The molecule has 0 aromatic carbocycles. The predicted octanol–water partition coefficient (Wildman–Crippen LogP) is 2.26. The molecule has 0 saturated carbocycles. The van der Waals surface area contributed by atoms with Crippen molar-refractivity contribution in [2.24, 2.45) is 5.92 Å². The van der Waals surface area contributed by atoms with E-state index in [2.05, 4.69) is 29.0 Å². The van der Waals surface area contributed by atoms with E-state index >= 15 is 0 Å². The molecule has 2 heterocycles. The number of nitrogens with one attached hydrogen (secondary N) is 2. The van der Waals surface area contributed by atoms with Gasteiger partial charge in [0.15, 0.2) is 5.82 Å². The summed E-state index contributed by atoms with van der Waals surface area (Å²) in [6.07, 6.45) is 0. The lowest BCUT2D eigenvalue weighted by Crippen LogP contribution is -2.25. The number of pyridine rings is 1. The minimum Gasteiger partial charge on any atom is -0.312 e. The normalized spacial score (nSPS) is 11.1. The molecule has 2 aromatic heterocycles. The second-order valence-electron chi connectivity index (χ2n) is 4.71. The zero-order valence-corrected chi connectivity index (χ0v) is 11.5. The summed E-state index contributed by atoms with van der Waals surface area (Å²) in [7, 11) is 0. The molecule has 0 fully saturated rings. The number of hydrogen-bond acceptors (Lipinski definition) is 3. The first-order valence-electron chi connectivity index (χ1n) is 5.84. The topological polar surface area (TPSA) is 66.5 Å². The largest absolute Gasteiger partial charge is 0.312 e. The maximum atomic E-state index is 12.4. The van der Waals surface area contributed by atoms with Crippen molar-refractivity contribution in [1.29, 1.82) is 0 Å². The average Bonchev–Trinajstić information content (AvgIpc) is 2.70. The third kappa shape index (κ3) is 2.43. The minimum absolute atomic E-state index is 0.0403. The summed E-state index contributed by atoms with van der Waals surface area (Å²) in [5, 5.41) is 5.51. The Kier molecular flexibility index (Phi) is 3.47. The Balaban J connectivity index is 2.57. The third-order valence-electron chi connectivity index (χ3n) is 2.70. The van der Waals surface area contributed by atoms with Crippen LogP contribution >= 0.6 is 12.2 Å². The van der Waals surface area contributed by atoms with Gasteiger partial charge in [0.1, 0.15) is 0 Å². The summed E-state index contributed by atoms with van der Waals surface area (Å²) >= 11 is 4.90. The van der Waals surface area contributed by atoms with Crippen LogP contribution in [0.5, 0.6) is 0 Å². The van der Waals surface area contributed by atoms with E-state index < -0.39 is 0 Å². The minimum atomic E-state index is -0.0403. The highest BCUT2D eigenvalue weighted by atomic mass is 32.1. The lowest BCUT2D eigenvalue weighted by atomic mass is 10.2. The SMILES string of the molecule is Cc1ccc(-c2nc(=S)[nH][nH]2)c(=O)n1CC(C)C. The molecule has 0 bridgehead atoms. The van der Waals surface area contributed by atoms with Crippen LogP contribution < -0.4 is 5.56 Å². The van der Waals surface area contributed by atoms with Gasteiger partial charge in [0, 0.05) is 12.2 Å². The lowest BCUT2D eigenvalue weighted by molar-refractivity contribution is 0.503. The highest BCUT2D eigenvalue weighted by molar-refractivity contribution is 7.71.